The highest BCUT2D eigenvalue weighted by Crippen LogP contribution is 2.39. The second-order valence-corrected chi connectivity index (χ2v) is 9.40. The average molecular weight is 418 g/mol. The van der Waals surface area contributed by atoms with Crippen LogP contribution in [0.3, 0.4) is 0 Å². The van der Waals surface area contributed by atoms with Gasteiger partial charge in [0.15, 0.2) is 5.82 Å². The van der Waals surface area contributed by atoms with Crippen molar-refractivity contribution >= 4 is 21.6 Å². The summed E-state index contributed by atoms with van der Waals surface area (Å²) in [4.78, 5) is 21.6. The number of aromatic nitrogens is 2. The summed E-state index contributed by atoms with van der Waals surface area (Å²) in [5.74, 6) is -0.455. The number of anilines is 1. The maximum Gasteiger partial charge on any atom is 0.316 e. The van der Waals surface area contributed by atoms with Crippen LogP contribution in [-0.2, 0) is 27.7 Å². The molecule has 1 aromatic heterocycles. The number of benzene rings is 1. The lowest BCUT2D eigenvalue weighted by molar-refractivity contribution is -0.118. The van der Waals surface area contributed by atoms with E-state index in [1.165, 1.54) is 4.31 Å². The van der Waals surface area contributed by atoms with Gasteiger partial charge >= 0.3 is 6.01 Å². The van der Waals surface area contributed by atoms with Crippen molar-refractivity contribution in [2.75, 3.05) is 24.5 Å². The van der Waals surface area contributed by atoms with E-state index in [0.717, 1.165) is 29.2 Å². The smallest absolute Gasteiger partial charge is 0.316 e. The molecule has 1 atom stereocenters. The Kier molecular flexibility index (Phi) is 4.28. The first kappa shape index (κ1) is 18.4. The molecule has 3 aliphatic rings. The van der Waals surface area contributed by atoms with Crippen molar-refractivity contribution < 1.29 is 22.3 Å². The van der Waals surface area contributed by atoms with E-state index in [1.807, 2.05) is 0 Å². The van der Waals surface area contributed by atoms with Gasteiger partial charge in [0.25, 0.3) is 0 Å². The fraction of sp³-hybridized carbons (Fsp3) is 0.421. The minimum absolute atomic E-state index is 0.0300. The molecule has 0 spiro atoms. The standard InChI is InChI=1S/C19H19FN4O4S/c20-14-9-21-19(22-10-14)28-15-4-5-23(11-15)29(26,27)16-7-12-1-2-17(25)24-6-3-13(8-16)18(12)24/h7-10,15H,1-6,11H2. The van der Waals surface area contributed by atoms with Crippen LogP contribution >= 0.6 is 0 Å². The van der Waals surface area contributed by atoms with E-state index < -0.39 is 21.9 Å². The van der Waals surface area contributed by atoms with Crippen LogP contribution in [0.4, 0.5) is 10.1 Å². The van der Waals surface area contributed by atoms with E-state index >= 15 is 0 Å². The van der Waals surface area contributed by atoms with Crippen molar-refractivity contribution in [3.05, 3.63) is 41.5 Å². The van der Waals surface area contributed by atoms with Gasteiger partial charge in [-0.05, 0) is 42.5 Å². The van der Waals surface area contributed by atoms with E-state index in [1.54, 1.807) is 17.0 Å². The molecule has 0 N–H and O–H groups in total. The number of sulfonamides is 1. The van der Waals surface area contributed by atoms with Crippen molar-refractivity contribution in [3.8, 4) is 6.01 Å². The molecule has 10 heteroatoms. The highest BCUT2D eigenvalue weighted by Gasteiger charge is 2.37. The summed E-state index contributed by atoms with van der Waals surface area (Å²) in [7, 11) is -3.68. The number of carbonyl (C=O) groups excluding carboxylic acids is 1. The molecule has 5 rings (SSSR count). The molecule has 0 bridgehead atoms. The first-order chi connectivity index (χ1) is 13.9. The molecular weight excluding hydrogens is 399 g/mol. The molecule has 2 aromatic rings. The summed E-state index contributed by atoms with van der Waals surface area (Å²) in [6, 6.07) is 3.43. The number of hydrogen-bond donors (Lipinski definition) is 0. The summed E-state index contributed by atoms with van der Waals surface area (Å²) in [5, 5.41) is 0. The van der Waals surface area contributed by atoms with E-state index in [-0.39, 0.29) is 23.4 Å². The van der Waals surface area contributed by atoms with Crippen LogP contribution in [0, 0.1) is 5.82 Å². The number of nitrogens with zero attached hydrogens (tertiary/aromatic N) is 4. The van der Waals surface area contributed by atoms with Gasteiger partial charge in [0.2, 0.25) is 15.9 Å². The zero-order valence-corrected chi connectivity index (χ0v) is 16.4. The Labute approximate surface area is 167 Å². The molecular formula is C19H19FN4O4S. The molecule has 0 saturated carbocycles. The van der Waals surface area contributed by atoms with E-state index in [9.17, 15) is 17.6 Å². The summed E-state index contributed by atoms with van der Waals surface area (Å²) in [6.07, 6.45) is 3.77. The van der Waals surface area contributed by atoms with E-state index in [4.69, 9.17) is 4.74 Å². The lowest BCUT2D eigenvalue weighted by Crippen LogP contribution is -2.33. The van der Waals surface area contributed by atoms with Gasteiger partial charge in [0.1, 0.15) is 6.10 Å². The molecule has 1 aromatic carbocycles. The number of carbonyl (C=O) groups is 1. The van der Waals surface area contributed by atoms with Crippen LogP contribution in [0.1, 0.15) is 24.0 Å². The number of amides is 1. The Bertz CT molecular complexity index is 1090. The first-order valence-corrected chi connectivity index (χ1v) is 11.0. The maximum atomic E-state index is 13.2. The fourth-order valence-corrected chi connectivity index (χ4v) is 5.84. The molecule has 29 heavy (non-hydrogen) atoms. The van der Waals surface area contributed by atoms with Crippen LogP contribution in [0.2, 0.25) is 0 Å². The van der Waals surface area contributed by atoms with Gasteiger partial charge in [-0.25, -0.2) is 22.8 Å². The monoisotopic (exact) mass is 418 g/mol. The Morgan fingerprint density at radius 2 is 1.79 bits per heavy atom. The Hall–Kier alpha value is -2.59. The lowest BCUT2D eigenvalue weighted by Gasteiger charge is -2.26. The zero-order valence-electron chi connectivity index (χ0n) is 15.5. The highest BCUT2D eigenvalue weighted by atomic mass is 32.2. The Balaban J connectivity index is 1.37. The van der Waals surface area contributed by atoms with Gasteiger partial charge in [-0.1, -0.05) is 0 Å². The second-order valence-electron chi connectivity index (χ2n) is 7.46. The van der Waals surface area contributed by atoms with Crippen molar-refractivity contribution in [3.63, 3.8) is 0 Å². The van der Waals surface area contributed by atoms with Crippen molar-refractivity contribution in [2.24, 2.45) is 0 Å². The summed E-state index contributed by atoms with van der Waals surface area (Å²) < 4.78 is 46.4. The van der Waals surface area contributed by atoms with Crippen LogP contribution in [0.5, 0.6) is 6.01 Å². The molecule has 152 valence electrons. The third kappa shape index (κ3) is 3.16. The summed E-state index contributed by atoms with van der Waals surface area (Å²) >= 11 is 0. The number of ether oxygens (including phenoxy) is 1. The van der Waals surface area contributed by atoms with E-state index in [0.29, 0.717) is 38.8 Å². The number of aryl methyl sites for hydroxylation is 1. The second kappa shape index (κ2) is 6.74. The largest absolute Gasteiger partial charge is 0.459 e. The quantitative estimate of drug-likeness (QED) is 0.743. The molecule has 1 saturated heterocycles. The normalized spacial score (nSPS) is 21.5. The van der Waals surface area contributed by atoms with E-state index in [2.05, 4.69) is 9.97 Å². The molecule has 3 aliphatic heterocycles. The van der Waals surface area contributed by atoms with Gasteiger partial charge in [0, 0.05) is 19.5 Å². The third-order valence-electron chi connectivity index (χ3n) is 5.64. The predicted molar refractivity (Wildman–Crippen MR) is 101 cm³/mol. The minimum atomic E-state index is -3.68. The molecule has 8 nitrogen and oxygen atoms in total. The average Bonchev–Trinajstić information content (AvgIpc) is 3.35. The molecule has 1 unspecified atom stereocenters. The number of rotatable bonds is 4. The number of hydrogen-bond acceptors (Lipinski definition) is 6. The highest BCUT2D eigenvalue weighted by molar-refractivity contribution is 7.89. The minimum Gasteiger partial charge on any atom is -0.459 e. The topological polar surface area (TPSA) is 92.7 Å². The van der Waals surface area contributed by atoms with Gasteiger partial charge in [-0.3, -0.25) is 4.79 Å². The van der Waals surface area contributed by atoms with Crippen molar-refractivity contribution in [1.29, 1.82) is 0 Å². The predicted octanol–water partition coefficient (Wildman–Crippen LogP) is 1.29. The molecule has 1 amide bonds. The Morgan fingerprint density at radius 1 is 1.07 bits per heavy atom. The molecule has 0 aliphatic carbocycles. The zero-order chi connectivity index (χ0) is 20.2. The third-order valence-corrected chi connectivity index (χ3v) is 7.48. The first-order valence-electron chi connectivity index (χ1n) is 9.52. The van der Waals surface area contributed by atoms with Gasteiger partial charge in [-0.15, -0.1) is 0 Å². The van der Waals surface area contributed by atoms with Crippen LogP contribution in [0.15, 0.2) is 29.4 Å². The fourth-order valence-electron chi connectivity index (χ4n) is 4.25. The van der Waals surface area contributed by atoms with Crippen LogP contribution in [0.25, 0.3) is 0 Å². The summed E-state index contributed by atoms with van der Waals surface area (Å²) in [6.45, 7) is 1.12. The van der Waals surface area contributed by atoms with Gasteiger partial charge in [-0.2, -0.15) is 4.31 Å². The maximum absolute atomic E-state index is 13.2. The van der Waals surface area contributed by atoms with Crippen LogP contribution < -0.4 is 9.64 Å². The van der Waals surface area contributed by atoms with Crippen LogP contribution in [-0.4, -0.2) is 54.3 Å². The van der Waals surface area contributed by atoms with Crippen molar-refractivity contribution in [1.82, 2.24) is 14.3 Å². The summed E-state index contributed by atoms with van der Waals surface area (Å²) in [5.41, 5.74) is 2.74. The van der Waals surface area contributed by atoms with Gasteiger partial charge < -0.3 is 9.64 Å². The molecule has 0 radical (unpaired) electrons. The van der Waals surface area contributed by atoms with Gasteiger partial charge in [0.05, 0.1) is 29.5 Å². The molecule has 4 heterocycles. The SMILES string of the molecule is O=C1CCc2cc(S(=O)(=O)N3CCC(Oc4ncc(F)cn4)C3)cc3c2N1CC3. The lowest BCUT2D eigenvalue weighted by atomic mass is 10.00. The molecule has 1 fully saturated rings. The Morgan fingerprint density at radius 3 is 2.55 bits per heavy atom. The van der Waals surface area contributed by atoms with Crippen molar-refractivity contribution in [2.45, 2.75) is 36.7 Å². The number of halogens is 1.